The fourth-order valence-corrected chi connectivity index (χ4v) is 2.32. The summed E-state index contributed by atoms with van der Waals surface area (Å²) in [4.78, 5) is 2.39. The molecule has 0 amide bonds. The molecule has 0 bridgehead atoms. The maximum atomic E-state index is 8.99. The van der Waals surface area contributed by atoms with E-state index in [0.717, 1.165) is 13.0 Å². The Balaban J connectivity index is 2.62. The molecule has 0 spiro atoms. The summed E-state index contributed by atoms with van der Waals surface area (Å²) in [5.74, 6) is 0.685. The van der Waals surface area contributed by atoms with Crippen LogP contribution < -0.4 is 0 Å². The van der Waals surface area contributed by atoms with Crippen molar-refractivity contribution in [1.82, 2.24) is 4.90 Å². The fourth-order valence-electron chi connectivity index (χ4n) is 2.32. The summed E-state index contributed by atoms with van der Waals surface area (Å²) in [7, 11) is 0. The van der Waals surface area contributed by atoms with Gasteiger partial charge in [-0.05, 0) is 31.7 Å². The number of hydrogen-bond donors (Lipinski definition) is 0. The van der Waals surface area contributed by atoms with Crippen molar-refractivity contribution in [1.29, 1.82) is 5.26 Å². The minimum Gasteiger partial charge on any atom is -0.285 e. The highest BCUT2D eigenvalue weighted by Crippen LogP contribution is 2.26. The Morgan fingerprint density at radius 2 is 2.23 bits per heavy atom. The first-order chi connectivity index (χ1) is 6.20. The van der Waals surface area contributed by atoms with Gasteiger partial charge in [-0.25, -0.2) is 0 Å². The van der Waals surface area contributed by atoms with Crippen molar-refractivity contribution in [2.45, 2.75) is 52.1 Å². The van der Waals surface area contributed by atoms with Crippen LogP contribution in [-0.4, -0.2) is 23.5 Å². The SMILES string of the molecule is CCC(C#N)N1CCCC1C(C)C. The first-order valence-corrected chi connectivity index (χ1v) is 5.36. The smallest absolute Gasteiger partial charge is 0.0977 e. The molecule has 1 heterocycles. The van der Waals surface area contributed by atoms with E-state index in [1.165, 1.54) is 12.8 Å². The van der Waals surface area contributed by atoms with E-state index < -0.39 is 0 Å². The summed E-state index contributed by atoms with van der Waals surface area (Å²) in [6.07, 6.45) is 3.50. The Morgan fingerprint density at radius 1 is 1.54 bits per heavy atom. The van der Waals surface area contributed by atoms with Gasteiger partial charge in [0.1, 0.15) is 0 Å². The van der Waals surface area contributed by atoms with E-state index in [1.54, 1.807) is 0 Å². The van der Waals surface area contributed by atoms with Gasteiger partial charge in [-0.1, -0.05) is 20.8 Å². The van der Waals surface area contributed by atoms with E-state index >= 15 is 0 Å². The third kappa shape index (κ3) is 2.22. The summed E-state index contributed by atoms with van der Waals surface area (Å²) in [6.45, 7) is 7.73. The van der Waals surface area contributed by atoms with Gasteiger partial charge in [0.2, 0.25) is 0 Å². The van der Waals surface area contributed by atoms with Crippen LogP contribution in [0.25, 0.3) is 0 Å². The predicted molar refractivity (Wildman–Crippen MR) is 54.3 cm³/mol. The van der Waals surface area contributed by atoms with E-state index in [0.29, 0.717) is 12.0 Å². The monoisotopic (exact) mass is 180 g/mol. The minimum atomic E-state index is 0.148. The molecule has 0 radical (unpaired) electrons. The van der Waals surface area contributed by atoms with Crippen LogP contribution in [-0.2, 0) is 0 Å². The van der Waals surface area contributed by atoms with Crippen LogP contribution in [0.4, 0.5) is 0 Å². The van der Waals surface area contributed by atoms with E-state index in [1.807, 2.05) is 0 Å². The second-order valence-corrected chi connectivity index (χ2v) is 4.24. The topological polar surface area (TPSA) is 27.0 Å². The van der Waals surface area contributed by atoms with Gasteiger partial charge in [0.25, 0.3) is 0 Å². The molecular weight excluding hydrogens is 160 g/mol. The van der Waals surface area contributed by atoms with E-state index in [-0.39, 0.29) is 6.04 Å². The second kappa shape index (κ2) is 4.62. The molecule has 1 fully saturated rings. The molecule has 0 saturated carbocycles. The van der Waals surface area contributed by atoms with Crippen molar-refractivity contribution in [2.24, 2.45) is 5.92 Å². The number of nitriles is 1. The molecule has 1 saturated heterocycles. The molecule has 2 unspecified atom stereocenters. The van der Waals surface area contributed by atoms with Gasteiger partial charge in [0.05, 0.1) is 12.1 Å². The van der Waals surface area contributed by atoms with E-state index in [9.17, 15) is 0 Å². The molecule has 1 aliphatic heterocycles. The van der Waals surface area contributed by atoms with Gasteiger partial charge in [-0.2, -0.15) is 5.26 Å². The number of nitrogens with zero attached hydrogens (tertiary/aromatic N) is 2. The molecule has 1 aliphatic rings. The third-order valence-corrected chi connectivity index (χ3v) is 3.05. The van der Waals surface area contributed by atoms with Crippen LogP contribution in [0.2, 0.25) is 0 Å². The van der Waals surface area contributed by atoms with Crippen molar-refractivity contribution in [3.8, 4) is 6.07 Å². The third-order valence-electron chi connectivity index (χ3n) is 3.05. The summed E-state index contributed by atoms with van der Waals surface area (Å²) in [6, 6.07) is 3.20. The molecule has 0 aromatic heterocycles. The molecule has 2 heteroatoms. The largest absolute Gasteiger partial charge is 0.285 e. The van der Waals surface area contributed by atoms with Gasteiger partial charge >= 0.3 is 0 Å². The average molecular weight is 180 g/mol. The Morgan fingerprint density at radius 3 is 2.69 bits per heavy atom. The predicted octanol–water partition coefficient (Wildman–Crippen LogP) is 2.41. The Hall–Kier alpha value is -0.550. The van der Waals surface area contributed by atoms with E-state index in [4.69, 9.17) is 5.26 Å². The summed E-state index contributed by atoms with van der Waals surface area (Å²) < 4.78 is 0. The van der Waals surface area contributed by atoms with Crippen LogP contribution in [0.3, 0.4) is 0 Å². The molecule has 0 N–H and O–H groups in total. The van der Waals surface area contributed by atoms with Crippen LogP contribution in [0.1, 0.15) is 40.0 Å². The zero-order valence-corrected chi connectivity index (χ0v) is 8.95. The van der Waals surface area contributed by atoms with Crippen molar-refractivity contribution < 1.29 is 0 Å². The van der Waals surface area contributed by atoms with Gasteiger partial charge in [-0.3, -0.25) is 4.90 Å². The maximum Gasteiger partial charge on any atom is 0.0977 e. The Bertz CT molecular complexity index is 193. The lowest BCUT2D eigenvalue weighted by atomic mass is 10.0. The highest BCUT2D eigenvalue weighted by atomic mass is 15.2. The van der Waals surface area contributed by atoms with Crippen molar-refractivity contribution >= 4 is 0 Å². The molecule has 74 valence electrons. The minimum absolute atomic E-state index is 0.148. The Labute approximate surface area is 81.5 Å². The fraction of sp³-hybridized carbons (Fsp3) is 0.909. The van der Waals surface area contributed by atoms with Gasteiger partial charge in [0.15, 0.2) is 0 Å². The van der Waals surface area contributed by atoms with E-state index in [2.05, 4.69) is 31.7 Å². The molecule has 2 atom stereocenters. The van der Waals surface area contributed by atoms with Crippen molar-refractivity contribution in [2.75, 3.05) is 6.54 Å². The van der Waals surface area contributed by atoms with Crippen LogP contribution in [0.15, 0.2) is 0 Å². The van der Waals surface area contributed by atoms with Gasteiger partial charge in [0, 0.05) is 6.04 Å². The quantitative estimate of drug-likeness (QED) is 0.667. The highest BCUT2D eigenvalue weighted by Gasteiger charge is 2.31. The lowest BCUT2D eigenvalue weighted by molar-refractivity contribution is 0.172. The van der Waals surface area contributed by atoms with Crippen LogP contribution >= 0.6 is 0 Å². The van der Waals surface area contributed by atoms with Gasteiger partial charge in [-0.15, -0.1) is 0 Å². The highest BCUT2D eigenvalue weighted by molar-refractivity contribution is 4.96. The normalized spacial score (nSPS) is 26.2. The lowest BCUT2D eigenvalue weighted by Crippen LogP contribution is -2.40. The molecule has 0 aromatic carbocycles. The number of rotatable bonds is 3. The molecule has 13 heavy (non-hydrogen) atoms. The molecule has 2 nitrogen and oxygen atoms in total. The van der Waals surface area contributed by atoms with Crippen molar-refractivity contribution in [3.63, 3.8) is 0 Å². The summed E-state index contributed by atoms with van der Waals surface area (Å²) in [5.41, 5.74) is 0. The molecule has 0 aromatic rings. The number of hydrogen-bond acceptors (Lipinski definition) is 2. The zero-order chi connectivity index (χ0) is 9.84. The maximum absolute atomic E-state index is 8.99. The first kappa shape index (κ1) is 10.5. The summed E-state index contributed by atoms with van der Waals surface area (Å²) in [5, 5.41) is 8.99. The standard InChI is InChI=1S/C11H20N2/c1-4-10(8-12)13-7-5-6-11(13)9(2)3/h9-11H,4-7H2,1-3H3. The van der Waals surface area contributed by atoms with Crippen molar-refractivity contribution in [3.05, 3.63) is 0 Å². The molecule has 1 rings (SSSR count). The Kier molecular flexibility index (Phi) is 3.74. The lowest BCUT2D eigenvalue weighted by Gasteiger charge is -2.30. The average Bonchev–Trinajstić information content (AvgIpc) is 2.55. The number of likely N-dealkylation sites (tertiary alicyclic amines) is 1. The molecular formula is C11H20N2. The first-order valence-electron chi connectivity index (χ1n) is 5.36. The van der Waals surface area contributed by atoms with Gasteiger partial charge < -0.3 is 0 Å². The second-order valence-electron chi connectivity index (χ2n) is 4.24. The van der Waals surface area contributed by atoms with Crippen LogP contribution in [0.5, 0.6) is 0 Å². The summed E-state index contributed by atoms with van der Waals surface area (Å²) >= 11 is 0. The zero-order valence-electron chi connectivity index (χ0n) is 8.95. The molecule has 0 aliphatic carbocycles. The van der Waals surface area contributed by atoms with Crippen LogP contribution in [0, 0.1) is 17.2 Å².